The van der Waals surface area contributed by atoms with Crippen LogP contribution in [0.4, 0.5) is 25.1 Å². The molecule has 1 aromatic carbocycles. The monoisotopic (exact) mass is 233 g/mol. The molecule has 0 aliphatic rings. The lowest BCUT2D eigenvalue weighted by molar-refractivity contribution is 0.364. The molecule has 0 aliphatic carbocycles. The van der Waals surface area contributed by atoms with Gasteiger partial charge in [0.05, 0.1) is 0 Å². The molecule has 14 heavy (non-hydrogen) atoms. The fourth-order valence-corrected chi connectivity index (χ4v) is 1.46. The maximum Gasteiger partial charge on any atom is 0.310 e. The van der Waals surface area contributed by atoms with E-state index in [-0.39, 0.29) is 12.1 Å². The molecule has 0 N–H and O–H groups in total. The Morgan fingerprint density at radius 3 is 2.07 bits per heavy atom. The second-order valence-corrected chi connectivity index (χ2v) is 4.97. The lowest BCUT2D eigenvalue weighted by Gasteiger charge is -2.40. The summed E-state index contributed by atoms with van der Waals surface area (Å²) in [6, 6.07) is 1.83. The van der Waals surface area contributed by atoms with Crippen molar-refractivity contribution >= 4 is 15.9 Å². The minimum Gasteiger partial charge on any atom is -0.145 e. The summed E-state index contributed by atoms with van der Waals surface area (Å²) >= 11 is 0. The summed E-state index contributed by atoms with van der Waals surface area (Å²) in [5, 5.41) is 2.14. The van der Waals surface area contributed by atoms with Crippen LogP contribution in [-0.2, 0) is 0 Å². The van der Waals surface area contributed by atoms with E-state index in [1.54, 1.807) is 0 Å². The lowest BCUT2D eigenvalue weighted by atomic mass is 10.3. The molecule has 0 unspecified atom stereocenters. The van der Waals surface area contributed by atoms with E-state index in [4.69, 9.17) is 0 Å². The molecule has 1 aromatic rings. The van der Waals surface area contributed by atoms with Crippen molar-refractivity contribution in [3.63, 3.8) is 0 Å². The number of benzene rings is 1. The molecule has 0 fully saturated rings. The van der Waals surface area contributed by atoms with Crippen molar-refractivity contribution in [2.45, 2.75) is 4.90 Å². The van der Waals surface area contributed by atoms with Crippen LogP contribution >= 0.6 is 10.2 Å². The molecule has 0 aromatic heterocycles. The van der Waals surface area contributed by atoms with E-state index >= 15 is 0 Å². The third-order valence-corrected chi connectivity index (χ3v) is 2.51. The fraction of sp³-hybridized carbons (Fsp3) is 0. The molecular formula is C6H4F5NOS. The van der Waals surface area contributed by atoms with Crippen LogP contribution in [-0.4, -0.2) is 0 Å². The van der Waals surface area contributed by atoms with Gasteiger partial charge >= 0.3 is 10.2 Å². The van der Waals surface area contributed by atoms with Crippen LogP contribution in [0.1, 0.15) is 0 Å². The van der Waals surface area contributed by atoms with E-state index in [1.165, 1.54) is 0 Å². The zero-order valence-corrected chi connectivity index (χ0v) is 7.28. The van der Waals surface area contributed by atoms with Gasteiger partial charge in [-0.1, -0.05) is 25.5 Å². The normalized spacial score (nSPS) is 16.9. The van der Waals surface area contributed by atoms with Gasteiger partial charge in [0.2, 0.25) is 0 Å². The maximum atomic E-state index is 12.1. The number of hydrogen-bond donors (Lipinski definition) is 0. The summed E-state index contributed by atoms with van der Waals surface area (Å²) in [5.74, 6) is 0. The van der Waals surface area contributed by atoms with Crippen LogP contribution in [0.5, 0.6) is 0 Å². The van der Waals surface area contributed by atoms with Gasteiger partial charge in [-0.2, -0.15) is 0 Å². The Morgan fingerprint density at radius 1 is 1.07 bits per heavy atom. The van der Waals surface area contributed by atoms with Crippen LogP contribution in [0.15, 0.2) is 34.3 Å². The summed E-state index contributed by atoms with van der Waals surface area (Å²) in [4.78, 5) is 7.74. The third kappa shape index (κ3) is 2.41. The topological polar surface area (TPSA) is 29.4 Å². The van der Waals surface area contributed by atoms with Crippen molar-refractivity contribution in [3.8, 4) is 0 Å². The van der Waals surface area contributed by atoms with E-state index in [1.807, 2.05) is 0 Å². The molecule has 0 heterocycles. The summed E-state index contributed by atoms with van der Waals surface area (Å²) in [6.45, 7) is 0. The van der Waals surface area contributed by atoms with Gasteiger partial charge in [-0.15, -0.1) is 4.91 Å². The molecule has 1 rings (SSSR count). The summed E-state index contributed by atoms with van der Waals surface area (Å²) < 4.78 is 60.6. The van der Waals surface area contributed by atoms with Crippen LogP contribution < -0.4 is 0 Å². The molecule has 0 atom stereocenters. The second-order valence-electron chi connectivity index (χ2n) is 2.56. The Balaban J connectivity index is 3.43. The molecule has 0 aliphatic heterocycles. The SMILES string of the molecule is O=Nc1cccc(S(F)(F)(F)(F)F)c1. The van der Waals surface area contributed by atoms with Gasteiger partial charge in [0.15, 0.2) is 0 Å². The first-order chi connectivity index (χ1) is 6.03. The van der Waals surface area contributed by atoms with E-state index in [9.17, 15) is 24.3 Å². The molecular weight excluding hydrogens is 229 g/mol. The van der Waals surface area contributed by atoms with Crippen LogP contribution in [0, 0.1) is 4.91 Å². The Bertz CT molecular complexity index is 386. The largest absolute Gasteiger partial charge is 0.310 e. The summed E-state index contributed by atoms with van der Waals surface area (Å²) in [7, 11) is -9.68. The Labute approximate surface area is 75.4 Å². The number of halogens is 5. The predicted octanol–water partition coefficient (Wildman–Crippen LogP) is 4.74. The molecule has 0 spiro atoms. The molecule has 0 amide bonds. The van der Waals surface area contributed by atoms with Crippen molar-refractivity contribution in [2.75, 3.05) is 0 Å². The third-order valence-electron chi connectivity index (χ3n) is 1.37. The highest BCUT2D eigenvalue weighted by Gasteiger charge is 2.65. The first kappa shape index (κ1) is 10.9. The highest BCUT2D eigenvalue weighted by atomic mass is 32.5. The molecule has 0 radical (unpaired) electrons. The summed E-state index contributed by atoms with van der Waals surface area (Å²) in [5.41, 5.74) is -0.684. The van der Waals surface area contributed by atoms with Crippen molar-refractivity contribution < 1.29 is 19.4 Å². The van der Waals surface area contributed by atoms with Gasteiger partial charge in [-0.05, 0) is 23.4 Å². The van der Waals surface area contributed by atoms with Crippen molar-refractivity contribution in [3.05, 3.63) is 29.2 Å². The summed E-state index contributed by atoms with van der Waals surface area (Å²) in [6.07, 6.45) is 0. The minimum atomic E-state index is -9.68. The Hall–Kier alpha value is -1.18. The van der Waals surface area contributed by atoms with Gasteiger partial charge in [-0.25, -0.2) is 0 Å². The average Bonchev–Trinajstić information content (AvgIpc) is 2.01. The second kappa shape index (κ2) is 2.25. The van der Waals surface area contributed by atoms with Gasteiger partial charge in [0.25, 0.3) is 0 Å². The molecule has 0 saturated carbocycles. The molecule has 0 saturated heterocycles. The van der Waals surface area contributed by atoms with Gasteiger partial charge in [-0.3, -0.25) is 0 Å². The highest BCUT2D eigenvalue weighted by molar-refractivity contribution is 8.45. The molecule has 8 heteroatoms. The first-order valence-corrected chi connectivity index (χ1v) is 5.15. The number of rotatable bonds is 2. The van der Waals surface area contributed by atoms with Crippen LogP contribution in [0.3, 0.4) is 0 Å². The standard InChI is InChI=1S/C6H4F5NOS/c7-14(8,9,10,11)6-3-1-2-5(4-6)12-13/h1-4H. The number of nitroso groups, excluding NO2 is 1. The smallest absolute Gasteiger partial charge is 0.145 e. The minimum absolute atomic E-state index is 0.0224. The van der Waals surface area contributed by atoms with Crippen LogP contribution in [0.25, 0.3) is 0 Å². The quantitative estimate of drug-likeness (QED) is 0.535. The van der Waals surface area contributed by atoms with Gasteiger partial charge < -0.3 is 0 Å². The molecule has 2 nitrogen and oxygen atoms in total. The Morgan fingerprint density at radius 2 is 1.64 bits per heavy atom. The zero-order chi connectivity index (χ0) is 11.1. The van der Waals surface area contributed by atoms with Crippen molar-refractivity contribution in [1.82, 2.24) is 0 Å². The van der Waals surface area contributed by atoms with Gasteiger partial charge in [0, 0.05) is 0 Å². The van der Waals surface area contributed by atoms with Crippen molar-refractivity contribution in [1.29, 1.82) is 0 Å². The average molecular weight is 233 g/mol. The van der Waals surface area contributed by atoms with E-state index in [0.29, 0.717) is 6.07 Å². The van der Waals surface area contributed by atoms with E-state index in [0.717, 1.165) is 6.07 Å². The van der Waals surface area contributed by atoms with E-state index in [2.05, 4.69) is 5.18 Å². The highest BCUT2D eigenvalue weighted by Crippen LogP contribution is 3.02. The van der Waals surface area contributed by atoms with Crippen molar-refractivity contribution in [2.24, 2.45) is 5.18 Å². The number of nitrogens with zero attached hydrogens (tertiary/aromatic N) is 1. The fourth-order valence-electron chi connectivity index (χ4n) is 0.780. The molecule has 80 valence electrons. The Kier molecular flexibility index (Phi) is 1.75. The van der Waals surface area contributed by atoms with Crippen LogP contribution in [0.2, 0.25) is 0 Å². The zero-order valence-electron chi connectivity index (χ0n) is 6.46. The maximum absolute atomic E-state index is 12.1. The van der Waals surface area contributed by atoms with E-state index < -0.39 is 20.8 Å². The lowest BCUT2D eigenvalue weighted by Crippen LogP contribution is -2.05. The first-order valence-electron chi connectivity index (χ1n) is 3.20. The molecule has 0 bridgehead atoms. The predicted molar refractivity (Wildman–Crippen MR) is 43.3 cm³/mol. The number of hydrogen-bond acceptors (Lipinski definition) is 2. The van der Waals surface area contributed by atoms with Gasteiger partial charge in [0.1, 0.15) is 10.6 Å².